The van der Waals surface area contributed by atoms with Crippen LogP contribution in [0.15, 0.2) is 48.6 Å². The van der Waals surface area contributed by atoms with Crippen LogP contribution in [0.5, 0.6) is 0 Å². The summed E-state index contributed by atoms with van der Waals surface area (Å²) in [5.41, 5.74) is 1.78. The van der Waals surface area contributed by atoms with Gasteiger partial charge in [-0.3, -0.25) is 4.79 Å². The van der Waals surface area contributed by atoms with Crippen LogP contribution in [0, 0.1) is 5.92 Å². The van der Waals surface area contributed by atoms with E-state index in [1.165, 1.54) is 0 Å². The first-order valence-corrected chi connectivity index (χ1v) is 5.89. The van der Waals surface area contributed by atoms with Gasteiger partial charge in [0.1, 0.15) is 0 Å². The van der Waals surface area contributed by atoms with Crippen molar-refractivity contribution in [2.75, 3.05) is 6.54 Å². The number of carbonyl (C=O) groups is 1. The van der Waals surface area contributed by atoms with Gasteiger partial charge in [0.25, 0.3) is 0 Å². The molecule has 1 aliphatic heterocycles. The van der Waals surface area contributed by atoms with E-state index in [0.29, 0.717) is 6.54 Å². The molecule has 1 aromatic rings. The molecule has 1 heterocycles. The molecule has 0 aromatic heterocycles. The van der Waals surface area contributed by atoms with E-state index < -0.39 is 0 Å². The quantitative estimate of drug-likeness (QED) is 0.654. The molecule has 2 nitrogen and oxygen atoms in total. The lowest BCUT2D eigenvalue weighted by Gasteiger charge is -2.07. The lowest BCUT2D eigenvalue weighted by atomic mass is 10.00. The molecular weight excluding hydrogens is 266 g/mol. The summed E-state index contributed by atoms with van der Waals surface area (Å²) in [5.74, 6) is 0.0720. The first-order valence-electron chi connectivity index (χ1n) is 5.10. The summed E-state index contributed by atoms with van der Waals surface area (Å²) in [6, 6.07) is 9.81. The summed E-state index contributed by atoms with van der Waals surface area (Å²) in [6.45, 7) is 4.39. The molecule has 0 aliphatic carbocycles. The predicted octanol–water partition coefficient (Wildman–Crippen LogP) is 2.72. The average molecular weight is 278 g/mol. The van der Waals surface area contributed by atoms with Crippen LogP contribution in [-0.4, -0.2) is 12.5 Å². The van der Waals surface area contributed by atoms with E-state index in [4.69, 9.17) is 0 Å². The van der Waals surface area contributed by atoms with Crippen LogP contribution in [0.3, 0.4) is 0 Å². The van der Waals surface area contributed by atoms with Crippen LogP contribution in [-0.2, 0) is 4.79 Å². The maximum atomic E-state index is 11.7. The van der Waals surface area contributed by atoms with Crippen molar-refractivity contribution in [1.82, 2.24) is 5.32 Å². The maximum absolute atomic E-state index is 11.7. The Morgan fingerprint density at radius 3 is 2.75 bits per heavy atom. The Balaban J connectivity index is 2.47. The highest BCUT2D eigenvalue weighted by molar-refractivity contribution is 9.15. The smallest absolute Gasteiger partial charge is 0.249 e. The van der Waals surface area contributed by atoms with Crippen molar-refractivity contribution in [2.24, 2.45) is 5.92 Å². The van der Waals surface area contributed by atoms with Crippen LogP contribution in [0.2, 0.25) is 0 Å². The van der Waals surface area contributed by atoms with Gasteiger partial charge in [0, 0.05) is 22.5 Å². The van der Waals surface area contributed by atoms with Gasteiger partial charge in [-0.2, -0.15) is 0 Å². The van der Waals surface area contributed by atoms with E-state index in [1.54, 1.807) is 6.08 Å². The number of carbonyl (C=O) groups excluding carboxylic acids is 1. The minimum atomic E-state index is -0.0133. The second-order valence-electron chi connectivity index (χ2n) is 3.65. The molecule has 1 N–H and O–H groups in total. The van der Waals surface area contributed by atoms with E-state index in [2.05, 4.69) is 27.8 Å². The van der Waals surface area contributed by atoms with Crippen LogP contribution in [0.4, 0.5) is 0 Å². The van der Waals surface area contributed by atoms with Crippen molar-refractivity contribution < 1.29 is 4.79 Å². The lowest BCUT2D eigenvalue weighted by Crippen LogP contribution is -2.14. The third kappa shape index (κ3) is 1.95. The highest BCUT2D eigenvalue weighted by atomic mass is 79.9. The van der Waals surface area contributed by atoms with E-state index in [-0.39, 0.29) is 11.8 Å². The zero-order valence-electron chi connectivity index (χ0n) is 8.74. The molecule has 1 aromatic carbocycles. The third-order valence-electron chi connectivity index (χ3n) is 2.65. The van der Waals surface area contributed by atoms with Gasteiger partial charge in [-0.1, -0.05) is 36.4 Å². The Kier molecular flexibility index (Phi) is 3.25. The summed E-state index contributed by atoms with van der Waals surface area (Å²) in [7, 11) is 0. The normalized spacial score (nSPS) is 22.8. The molecule has 1 aliphatic rings. The van der Waals surface area contributed by atoms with Crippen LogP contribution in [0.25, 0.3) is 4.48 Å². The Morgan fingerprint density at radius 2 is 2.12 bits per heavy atom. The van der Waals surface area contributed by atoms with Gasteiger partial charge in [0.05, 0.1) is 0 Å². The Morgan fingerprint density at radius 1 is 1.44 bits per heavy atom. The number of rotatable bonds is 2. The molecule has 3 heteroatoms. The fourth-order valence-corrected chi connectivity index (χ4v) is 2.51. The van der Waals surface area contributed by atoms with E-state index in [0.717, 1.165) is 15.6 Å². The largest absolute Gasteiger partial charge is 0.351 e. The van der Waals surface area contributed by atoms with Crippen LogP contribution in [0.1, 0.15) is 5.56 Å². The van der Waals surface area contributed by atoms with Gasteiger partial charge in [-0.05, 0) is 21.5 Å². The predicted molar refractivity (Wildman–Crippen MR) is 69.0 cm³/mol. The van der Waals surface area contributed by atoms with E-state index >= 15 is 0 Å². The number of benzene rings is 1. The molecule has 16 heavy (non-hydrogen) atoms. The Bertz CT molecular complexity index is 450. The van der Waals surface area contributed by atoms with Gasteiger partial charge in [0.2, 0.25) is 5.91 Å². The summed E-state index contributed by atoms with van der Waals surface area (Å²) >= 11 is 3.51. The number of hydrogen-bond acceptors (Lipinski definition) is 1. The van der Waals surface area contributed by atoms with Crippen molar-refractivity contribution in [3.8, 4) is 0 Å². The summed E-state index contributed by atoms with van der Waals surface area (Å²) in [5, 5.41) is 2.82. The van der Waals surface area contributed by atoms with Crippen molar-refractivity contribution in [2.45, 2.75) is 0 Å². The molecule has 0 spiro atoms. The fraction of sp³-hybridized carbons (Fsp3) is 0.154. The van der Waals surface area contributed by atoms with Gasteiger partial charge in [0.15, 0.2) is 0 Å². The molecule has 0 saturated carbocycles. The van der Waals surface area contributed by atoms with Crippen LogP contribution < -0.4 is 5.32 Å². The minimum absolute atomic E-state index is 0.0133. The number of halogens is 1. The fourth-order valence-electron chi connectivity index (χ4n) is 1.77. The van der Waals surface area contributed by atoms with E-state index in [1.807, 2.05) is 30.3 Å². The zero-order chi connectivity index (χ0) is 11.5. The standard InChI is InChI=1S/C13H12BrNO/c1-2-9-8-15-13(16)11(9)12(14)10-6-4-3-5-7-10/h2-7,9H,1,8H2,(H,15,16). The zero-order valence-corrected chi connectivity index (χ0v) is 10.3. The molecule has 0 bridgehead atoms. The van der Waals surface area contributed by atoms with Gasteiger partial charge >= 0.3 is 0 Å². The maximum Gasteiger partial charge on any atom is 0.249 e. The van der Waals surface area contributed by atoms with Crippen molar-refractivity contribution >= 4 is 26.3 Å². The van der Waals surface area contributed by atoms with Gasteiger partial charge in [-0.15, -0.1) is 6.58 Å². The molecular formula is C13H12BrNO. The van der Waals surface area contributed by atoms with Crippen molar-refractivity contribution in [1.29, 1.82) is 0 Å². The molecule has 1 unspecified atom stereocenters. The van der Waals surface area contributed by atoms with Gasteiger partial charge < -0.3 is 5.32 Å². The SMILES string of the molecule is C=CC1CNC(=O)C1=C(Br)c1ccccc1. The van der Waals surface area contributed by atoms with E-state index in [9.17, 15) is 4.79 Å². The first-order chi connectivity index (χ1) is 7.74. The van der Waals surface area contributed by atoms with Gasteiger partial charge in [-0.25, -0.2) is 0 Å². The summed E-state index contributed by atoms with van der Waals surface area (Å²) in [4.78, 5) is 11.7. The Hall–Kier alpha value is -1.35. The lowest BCUT2D eigenvalue weighted by molar-refractivity contribution is -0.116. The molecule has 2 rings (SSSR count). The topological polar surface area (TPSA) is 29.1 Å². The monoisotopic (exact) mass is 277 g/mol. The minimum Gasteiger partial charge on any atom is -0.351 e. The van der Waals surface area contributed by atoms with Crippen molar-refractivity contribution in [3.05, 3.63) is 54.1 Å². The molecule has 1 atom stereocenters. The average Bonchev–Trinajstić information content (AvgIpc) is 2.70. The molecule has 1 fully saturated rings. The Labute approximate surface area is 103 Å². The second-order valence-corrected chi connectivity index (χ2v) is 4.44. The van der Waals surface area contributed by atoms with Crippen molar-refractivity contribution in [3.63, 3.8) is 0 Å². The second kappa shape index (κ2) is 4.66. The molecule has 1 saturated heterocycles. The van der Waals surface area contributed by atoms with Crippen LogP contribution >= 0.6 is 15.9 Å². The highest BCUT2D eigenvalue weighted by Crippen LogP contribution is 2.32. The summed E-state index contributed by atoms with van der Waals surface area (Å²) in [6.07, 6.45) is 1.80. The first kappa shape index (κ1) is 11.1. The molecule has 82 valence electrons. The number of amides is 1. The number of hydrogen-bond donors (Lipinski definition) is 1. The molecule has 0 radical (unpaired) electrons. The molecule has 1 amide bonds. The third-order valence-corrected chi connectivity index (χ3v) is 3.53. The highest BCUT2D eigenvalue weighted by Gasteiger charge is 2.28. The number of nitrogens with one attached hydrogen (secondary N) is 1. The summed E-state index contributed by atoms with van der Waals surface area (Å²) < 4.78 is 0.855.